The third-order valence-electron chi connectivity index (χ3n) is 2.62. The van der Waals surface area contributed by atoms with Gasteiger partial charge in [0.05, 0.1) is 4.92 Å². The van der Waals surface area contributed by atoms with Crippen LogP contribution in [0.15, 0.2) is 36.2 Å². The summed E-state index contributed by atoms with van der Waals surface area (Å²) in [6.45, 7) is 0. The standard InChI is InChI=1S/C12H12N4O4/c1-15(12(18)7-6-11(17)8-14-13)9-2-4-10(5-3-9)16(19)20/h2-5,8H,6-7H2,1H3/p+1/b11-8+. The Balaban J connectivity index is 2.67. The molecule has 0 aliphatic carbocycles. The Labute approximate surface area is 114 Å². The second-order valence-corrected chi connectivity index (χ2v) is 3.96. The van der Waals surface area contributed by atoms with Crippen molar-refractivity contribution in [3.8, 4) is 0 Å². The number of nitro groups is 1. The van der Waals surface area contributed by atoms with Gasteiger partial charge in [-0.3, -0.25) is 14.9 Å². The van der Waals surface area contributed by atoms with Crippen molar-refractivity contribution in [2.24, 2.45) is 0 Å². The summed E-state index contributed by atoms with van der Waals surface area (Å²) in [6, 6.07) is 5.55. The van der Waals surface area contributed by atoms with E-state index < -0.39 is 4.92 Å². The summed E-state index contributed by atoms with van der Waals surface area (Å²) in [5.74, 6) is -0.491. The first-order chi connectivity index (χ1) is 9.45. The Morgan fingerprint density at radius 3 is 2.55 bits per heavy atom. The van der Waals surface area contributed by atoms with Gasteiger partial charge in [0.2, 0.25) is 11.3 Å². The number of amides is 1. The molecule has 0 unspecified atom stereocenters. The predicted octanol–water partition coefficient (Wildman–Crippen LogP) is 2.59. The summed E-state index contributed by atoms with van der Waals surface area (Å²) in [5, 5.41) is 27.9. The second kappa shape index (κ2) is 6.84. The smallest absolute Gasteiger partial charge is 0.387 e. The molecule has 0 heterocycles. The minimum absolute atomic E-state index is 0.0192. The van der Waals surface area contributed by atoms with Gasteiger partial charge >= 0.3 is 6.20 Å². The van der Waals surface area contributed by atoms with Crippen molar-refractivity contribution in [1.82, 2.24) is 0 Å². The highest BCUT2D eigenvalue weighted by atomic mass is 16.6. The maximum Gasteiger partial charge on any atom is 0.387 e. The zero-order valence-corrected chi connectivity index (χ0v) is 10.8. The summed E-state index contributed by atoms with van der Waals surface area (Å²) in [6.07, 6.45) is 0.907. The number of nitrogens with zero attached hydrogens (tertiary/aromatic N) is 4. The average molecular weight is 277 g/mol. The van der Waals surface area contributed by atoms with Crippen LogP contribution in [0.25, 0.3) is 4.98 Å². The Bertz CT molecular complexity index is 574. The minimum atomic E-state index is -0.521. The molecule has 1 rings (SSSR count). The monoisotopic (exact) mass is 277 g/mol. The van der Waals surface area contributed by atoms with Crippen molar-refractivity contribution < 1.29 is 14.8 Å². The number of allylic oxidation sites excluding steroid dienone is 1. The largest absolute Gasteiger partial charge is 0.505 e. The highest BCUT2D eigenvalue weighted by molar-refractivity contribution is 5.92. The summed E-state index contributed by atoms with van der Waals surface area (Å²) in [5.41, 5.74) is 0.454. The maximum absolute atomic E-state index is 11.8. The Morgan fingerprint density at radius 1 is 1.45 bits per heavy atom. The second-order valence-electron chi connectivity index (χ2n) is 3.96. The molecule has 0 saturated heterocycles. The van der Waals surface area contributed by atoms with E-state index in [2.05, 4.69) is 4.98 Å². The number of hydrogen-bond acceptors (Lipinski definition) is 5. The van der Waals surface area contributed by atoms with Gasteiger partial charge < -0.3 is 10.0 Å². The van der Waals surface area contributed by atoms with E-state index in [1.54, 1.807) is 0 Å². The zero-order valence-electron chi connectivity index (χ0n) is 10.8. The molecule has 0 fully saturated rings. The van der Waals surface area contributed by atoms with E-state index in [0.717, 1.165) is 6.20 Å². The molecule has 0 aromatic heterocycles. The van der Waals surface area contributed by atoms with Crippen LogP contribution in [-0.4, -0.2) is 23.0 Å². The van der Waals surface area contributed by atoms with Crippen molar-refractivity contribution in [1.29, 1.82) is 5.39 Å². The molecule has 0 bridgehead atoms. The molecule has 8 nitrogen and oxygen atoms in total. The van der Waals surface area contributed by atoms with E-state index in [4.69, 9.17) is 5.39 Å². The third-order valence-corrected chi connectivity index (χ3v) is 2.62. The highest BCUT2D eigenvalue weighted by Crippen LogP contribution is 2.19. The molecule has 0 saturated carbocycles. The van der Waals surface area contributed by atoms with Gasteiger partial charge in [0, 0.05) is 37.7 Å². The van der Waals surface area contributed by atoms with Crippen LogP contribution in [0.1, 0.15) is 12.8 Å². The number of nitro benzene ring substituents is 1. The number of benzene rings is 1. The van der Waals surface area contributed by atoms with Crippen LogP contribution in [0.2, 0.25) is 0 Å². The van der Waals surface area contributed by atoms with Crippen LogP contribution in [0, 0.1) is 15.5 Å². The molecule has 1 N–H and O–H groups in total. The Kier molecular flexibility index (Phi) is 5.17. The van der Waals surface area contributed by atoms with Gasteiger partial charge in [-0.25, -0.2) is 0 Å². The average Bonchev–Trinajstić information content (AvgIpc) is 2.44. The maximum atomic E-state index is 11.8. The van der Waals surface area contributed by atoms with E-state index in [1.165, 1.54) is 36.2 Å². The summed E-state index contributed by atoms with van der Waals surface area (Å²) < 4.78 is 0. The number of aliphatic hydroxyl groups excluding tert-OH is 1. The molecule has 1 amide bonds. The van der Waals surface area contributed by atoms with Crippen LogP contribution in [0.3, 0.4) is 0 Å². The highest BCUT2D eigenvalue weighted by Gasteiger charge is 2.14. The van der Waals surface area contributed by atoms with Gasteiger partial charge in [0.25, 0.3) is 5.69 Å². The number of anilines is 1. The molecule has 104 valence electrons. The molecule has 1 aromatic carbocycles. The van der Waals surface area contributed by atoms with Crippen molar-refractivity contribution in [3.05, 3.63) is 51.3 Å². The lowest BCUT2D eigenvalue weighted by atomic mass is 10.2. The van der Waals surface area contributed by atoms with Crippen molar-refractivity contribution in [2.75, 3.05) is 11.9 Å². The molecular weight excluding hydrogens is 264 g/mol. The molecule has 1 aromatic rings. The number of diazo groups is 1. The van der Waals surface area contributed by atoms with E-state index in [0.29, 0.717) is 5.69 Å². The molecule has 0 aliphatic heterocycles. The number of aliphatic hydroxyl groups is 1. The lowest BCUT2D eigenvalue weighted by Crippen LogP contribution is -2.25. The Morgan fingerprint density at radius 2 is 2.05 bits per heavy atom. The summed E-state index contributed by atoms with van der Waals surface area (Å²) >= 11 is 0. The minimum Gasteiger partial charge on any atom is -0.505 e. The van der Waals surface area contributed by atoms with Crippen molar-refractivity contribution >= 4 is 17.3 Å². The van der Waals surface area contributed by atoms with Gasteiger partial charge in [0.1, 0.15) is 0 Å². The SMILES string of the molecule is CN(C(=O)CC/C(O)=C\[N+]#N)c1ccc([N+](=O)[O-])cc1. The number of carbonyl (C=O) groups excluding carboxylic acids is 1. The summed E-state index contributed by atoms with van der Waals surface area (Å²) in [4.78, 5) is 25.8. The van der Waals surface area contributed by atoms with Gasteiger partial charge in [-0.15, -0.1) is 0 Å². The molecule has 0 spiro atoms. The fourth-order valence-electron chi connectivity index (χ4n) is 1.48. The molecule has 0 radical (unpaired) electrons. The molecule has 20 heavy (non-hydrogen) atoms. The van der Waals surface area contributed by atoms with Crippen molar-refractivity contribution in [3.63, 3.8) is 0 Å². The topological polar surface area (TPSA) is 112 Å². The van der Waals surface area contributed by atoms with E-state index in [9.17, 15) is 20.0 Å². The molecular formula is C12H13N4O4+. The van der Waals surface area contributed by atoms with Gasteiger partial charge in [-0.1, -0.05) is 0 Å². The lowest BCUT2D eigenvalue weighted by Gasteiger charge is -2.16. The number of rotatable bonds is 5. The van der Waals surface area contributed by atoms with Crippen LogP contribution in [-0.2, 0) is 4.79 Å². The number of non-ortho nitro benzene ring substituents is 1. The normalized spacial score (nSPS) is 10.7. The Hall–Kier alpha value is -2.95. The van der Waals surface area contributed by atoms with E-state index >= 15 is 0 Å². The zero-order chi connectivity index (χ0) is 15.1. The van der Waals surface area contributed by atoms with Gasteiger partial charge in [-0.2, -0.15) is 0 Å². The first-order valence-corrected chi connectivity index (χ1v) is 5.69. The lowest BCUT2D eigenvalue weighted by molar-refractivity contribution is -0.384. The van der Waals surface area contributed by atoms with Crippen LogP contribution in [0.5, 0.6) is 0 Å². The predicted molar refractivity (Wildman–Crippen MR) is 71.5 cm³/mol. The first kappa shape index (κ1) is 15.1. The number of carbonyl (C=O) groups is 1. The van der Waals surface area contributed by atoms with E-state index in [1.807, 2.05) is 0 Å². The van der Waals surface area contributed by atoms with Crippen LogP contribution >= 0.6 is 0 Å². The third kappa shape index (κ3) is 4.06. The fraction of sp³-hybridized carbons (Fsp3) is 0.250. The molecule has 0 aliphatic rings. The van der Waals surface area contributed by atoms with Gasteiger partial charge in [-0.05, 0) is 12.1 Å². The quantitative estimate of drug-likeness (QED) is 0.384. The van der Waals surface area contributed by atoms with E-state index in [-0.39, 0.29) is 30.2 Å². The first-order valence-electron chi connectivity index (χ1n) is 5.69. The van der Waals surface area contributed by atoms with Gasteiger partial charge in [0.15, 0.2) is 10.7 Å². The fourth-order valence-corrected chi connectivity index (χ4v) is 1.48. The molecule has 8 heteroatoms. The number of hydrogen-bond donors (Lipinski definition) is 1. The van der Waals surface area contributed by atoms with Crippen molar-refractivity contribution in [2.45, 2.75) is 12.8 Å². The molecule has 0 atom stereocenters. The van der Waals surface area contributed by atoms with Crippen LogP contribution < -0.4 is 4.90 Å². The summed E-state index contributed by atoms with van der Waals surface area (Å²) in [7, 11) is 1.53. The van der Waals surface area contributed by atoms with Crippen LogP contribution in [0.4, 0.5) is 11.4 Å².